The molecule has 4 rings (SSSR count). The van der Waals surface area contributed by atoms with Gasteiger partial charge in [-0.3, -0.25) is 4.79 Å². The van der Waals surface area contributed by atoms with E-state index in [2.05, 4.69) is 10.2 Å². The molecule has 0 aliphatic carbocycles. The molecule has 130 valence electrons. The minimum absolute atomic E-state index is 0.130. The zero-order chi connectivity index (χ0) is 17.4. The summed E-state index contributed by atoms with van der Waals surface area (Å²) in [7, 11) is 0. The predicted octanol–water partition coefficient (Wildman–Crippen LogP) is 3.15. The van der Waals surface area contributed by atoms with Crippen molar-refractivity contribution >= 4 is 16.9 Å². The van der Waals surface area contributed by atoms with Gasteiger partial charge in [0.15, 0.2) is 5.76 Å². The summed E-state index contributed by atoms with van der Waals surface area (Å²) in [6.07, 6.45) is 0. The van der Waals surface area contributed by atoms with E-state index < -0.39 is 6.04 Å². The van der Waals surface area contributed by atoms with Gasteiger partial charge in [0.2, 0.25) is 11.8 Å². The van der Waals surface area contributed by atoms with Crippen LogP contribution < -0.4 is 0 Å². The fourth-order valence-electron chi connectivity index (χ4n) is 2.89. The van der Waals surface area contributed by atoms with Gasteiger partial charge in [-0.1, -0.05) is 32.0 Å². The Kier molecular flexibility index (Phi) is 4.01. The number of morpholine rings is 1. The van der Waals surface area contributed by atoms with Crippen LogP contribution in [0.4, 0.5) is 0 Å². The Morgan fingerprint density at radius 1 is 1.24 bits per heavy atom. The SMILES string of the molecule is CC(C)c1nnc([C@@H]2COCCN2C(=O)c2cc3ccccc3o2)o1. The van der Waals surface area contributed by atoms with Gasteiger partial charge in [0.05, 0.1) is 13.2 Å². The van der Waals surface area contributed by atoms with E-state index in [-0.39, 0.29) is 11.8 Å². The maximum atomic E-state index is 13.0. The molecule has 1 atom stereocenters. The highest BCUT2D eigenvalue weighted by atomic mass is 16.5. The molecule has 0 bridgehead atoms. The van der Waals surface area contributed by atoms with Crippen LogP contribution in [0.1, 0.15) is 48.1 Å². The van der Waals surface area contributed by atoms with Crippen LogP contribution in [0.3, 0.4) is 0 Å². The van der Waals surface area contributed by atoms with E-state index in [0.29, 0.717) is 42.9 Å². The number of hydrogen-bond donors (Lipinski definition) is 0. The van der Waals surface area contributed by atoms with Gasteiger partial charge in [0.25, 0.3) is 5.91 Å². The number of nitrogens with zero attached hydrogens (tertiary/aromatic N) is 3. The third kappa shape index (κ3) is 2.91. The van der Waals surface area contributed by atoms with E-state index in [1.165, 1.54) is 0 Å². The van der Waals surface area contributed by atoms with Gasteiger partial charge in [-0.05, 0) is 12.1 Å². The lowest BCUT2D eigenvalue weighted by atomic mass is 10.2. The fourth-order valence-corrected chi connectivity index (χ4v) is 2.89. The summed E-state index contributed by atoms with van der Waals surface area (Å²) in [6.45, 7) is 5.19. The summed E-state index contributed by atoms with van der Waals surface area (Å²) >= 11 is 0. The second-order valence-corrected chi connectivity index (χ2v) is 6.37. The third-order valence-electron chi connectivity index (χ3n) is 4.26. The maximum Gasteiger partial charge on any atom is 0.290 e. The van der Waals surface area contributed by atoms with E-state index in [1.54, 1.807) is 11.0 Å². The van der Waals surface area contributed by atoms with Gasteiger partial charge < -0.3 is 18.5 Å². The monoisotopic (exact) mass is 341 g/mol. The summed E-state index contributed by atoms with van der Waals surface area (Å²) in [4.78, 5) is 14.7. The number of amides is 1. The third-order valence-corrected chi connectivity index (χ3v) is 4.26. The molecule has 0 radical (unpaired) electrons. The van der Waals surface area contributed by atoms with E-state index in [0.717, 1.165) is 5.39 Å². The maximum absolute atomic E-state index is 13.0. The second kappa shape index (κ2) is 6.33. The van der Waals surface area contributed by atoms with Crippen molar-refractivity contribution in [3.05, 3.63) is 47.9 Å². The number of carbonyl (C=O) groups excluding carboxylic acids is 1. The van der Waals surface area contributed by atoms with Gasteiger partial charge in [0, 0.05) is 17.8 Å². The quantitative estimate of drug-likeness (QED) is 0.728. The van der Waals surface area contributed by atoms with Crippen molar-refractivity contribution in [2.24, 2.45) is 0 Å². The molecule has 1 aliphatic rings. The molecule has 7 heteroatoms. The Bertz CT molecular complexity index is 866. The number of carbonyl (C=O) groups is 1. The molecule has 1 fully saturated rings. The number of fused-ring (bicyclic) bond motifs is 1. The van der Waals surface area contributed by atoms with Crippen molar-refractivity contribution in [1.29, 1.82) is 0 Å². The molecule has 1 aromatic carbocycles. The molecular formula is C18H19N3O4. The molecule has 1 amide bonds. The molecule has 3 heterocycles. The average Bonchev–Trinajstić information content (AvgIpc) is 3.28. The van der Waals surface area contributed by atoms with Crippen LogP contribution in [-0.4, -0.2) is 40.8 Å². The van der Waals surface area contributed by atoms with Crippen LogP contribution in [0.15, 0.2) is 39.2 Å². The summed E-state index contributed by atoms with van der Waals surface area (Å²) in [5, 5.41) is 9.07. The van der Waals surface area contributed by atoms with Crippen molar-refractivity contribution in [2.45, 2.75) is 25.8 Å². The predicted molar refractivity (Wildman–Crippen MR) is 89.2 cm³/mol. The number of hydrogen-bond acceptors (Lipinski definition) is 6. The van der Waals surface area contributed by atoms with Crippen molar-refractivity contribution in [3.63, 3.8) is 0 Å². The molecule has 0 N–H and O–H groups in total. The van der Waals surface area contributed by atoms with Crippen LogP contribution in [0, 0.1) is 0 Å². The minimum Gasteiger partial charge on any atom is -0.451 e. The summed E-state index contributed by atoms with van der Waals surface area (Å²) in [5.41, 5.74) is 0.690. The highest BCUT2D eigenvalue weighted by molar-refractivity contribution is 5.96. The lowest BCUT2D eigenvalue weighted by Crippen LogP contribution is -2.43. The Hall–Kier alpha value is -2.67. The van der Waals surface area contributed by atoms with Gasteiger partial charge >= 0.3 is 0 Å². The molecule has 1 aliphatic heterocycles. The largest absolute Gasteiger partial charge is 0.451 e. The normalized spacial score (nSPS) is 18.2. The summed E-state index contributed by atoms with van der Waals surface area (Å²) < 4.78 is 17.0. The standard InChI is InChI=1S/C18H19N3O4/c1-11(2)16-19-20-17(25-16)13-10-23-8-7-21(13)18(22)15-9-12-5-3-4-6-14(12)24-15/h3-6,9,11,13H,7-8,10H2,1-2H3/t13-/m0/s1. The highest BCUT2D eigenvalue weighted by Crippen LogP contribution is 2.28. The molecule has 7 nitrogen and oxygen atoms in total. The molecule has 0 saturated carbocycles. The van der Waals surface area contributed by atoms with E-state index in [9.17, 15) is 4.79 Å². The number of ether oxygens (including phenoxy) is 1. The highest BCUT2D eigenvalue weighted by Gasteiger charge is 2.34. The van der Waals surface area contributed by atoms with Gasteiger partial charge in [-0.25, -0.2) is 0 Å². The first kappa shape index (κ1) is 15.8. The van der Waals surface area contributed by atoms with E-state index in [4.69, 9.17) is 13.6 Å². The smallest absolute Gasteiger partial charge is 0.290 e. The number of para-hydroxylation sites is 1. The number of aromatic nitrogens is 2. The number of benzene rings is 1. The first-order valence-corrected chi connectivity index (χ1v) is 8.34. The molecule has 1 saturated heterocycles. The van der Waals surface area contributed by atoms with Crippen LogP contribution in [0.25, 0.3) is 11.0 Å². The Labute approximate surface area is 144 Å². The van der Waals surface area contributed by atoms with Crippen LogP contribution in [0.5, 0.6) is 0 Å². The molecule has 0 unspecified atom stereocenters. The first-order chi connectivity index (χ1) is 12.1. The molecule has 3 aromatic rings. The zero-order valence-electron chi connectivity index (χ0n) is 14.1. The minimum atomic E-state index is -0.408. The number of furan rings is 1. The molecule has 0 spiro atoms. The van der Waals surface area contributed by atoms with Crippen LogP contribution >= 0.6 is 0 Å². The zero-order valence-corrected chi connectivity index (χ0v) is 14.1. The van der Waals surface area contributed by atoms with Crippen molar-refractivity contribution < 1.29 is 18.4 Å². The second-order valence-electron chi connectivity index (χ2n) is 6.37. The Morgan fingerprint density at radius 3 is 2.84 bits per heavy atom. The lowest BCUT2D eigenvalue weighted by Gasteiger charge is -2.32. The molecule has 25 heavy (non-hydrogen) atoms. The fraction of sp³-hybridized carbons (Fsp3) is 0.389. The molecule has 2 aromatic heterocycles. The van der Waals surface area contributed by atoms with Gasteiger partial charge in [-0.2, -0.15) is 0 Å². The summed E-state index contributed by atoms with van der Waals surface area (Å²) in [5.74, 6) is 1.18. The Morgan fingerprint density at radius 2 is 2.08 bits per heavy atom. The van der Waals surface area contributed by atoms with Crippen LogP contribution in [0.2, 0.25) is 0 Å². The van der Waals surface area contributed by atoms with E-state index >= 15 is 0 Å². The van der Waals surface area contributed by atoms with Crippen molar-refractivity contribution in [1.82, 2.24) is 15.1 Å². The topological polar surface area (TPSA) is 81.6 Å². The van der Waals surface area contributed by atoms with Crippen molar-refractivity contribution in [2.75, 3.05) is 19.8 Å². The number of rotatable bonds is 3. The van der Waals surface area contributed by atoms with Crippen LogP contribution in [-0.2, 0) is 4.74 Å². The van der Waals surface area contributed by atoms with Gasteiger partial charge in [0.1, 0.15) is 11.6 Å². The van der Waals surface area contributed by atoms with Crippen molar-refractivity contribution in [3.8, 4) is 0 Å². The first-order valence-electron chi connectivity index (χ1n) is 8.34. The lowest BCUT2D eigenvalue weighted by molar-refractivity contribution is -0.0121. The Balaban J connectivity index is 1.64. The summed E-state index contributed by atoms with van der Waals surface area (Å²) in [6, 6.07) is 8.90. The molecular weight excluding hydrogens is 322 g/mol. The van der Waals surface area contributed by atoms with Gasteiger partial charge in [-0.15, -0.1) is 10.2 Å². The van der Waals surface area contributed by atoms with E-state index in [1.807, 2.05) is 38.1 Å². The average molecular weight is 341 g/mol.